The van der Waals surface area contributed by atoms with E-state index in [0.717, 1.165) is 23.4 Å². The van der Waals surface area contributed by atoms with Crippen LogP contribution >= 0.6 is 11.3 Å². The fourth-order valence-electron chi connectivity index (χ4n) is 2.05. The van der Waals surface area contributed by atoms with Crippen molar-refractivity contribution in [3.63, 3.8) is 0 Å². The van der Waals surface area contributed by atoms with Gasteiger partial charge in [-0.3, -0.25) is 0 Å². The summed E-state index contributed by atoms with van der Waals surface area (Å²) in [5.41, 5.74) is 8.77. The zero-order chi connectivity index (χ0) is 11.2. The first kappa shape index (κ1) is 10.2. The topological polar surface area (TPSA) is 38.9 Å². The summed E-state index contributed by atoms with van der Waals surface area (Å²) in [7, 11) is 0. The molecule has 2 N–H and O–H groups in total. The Bertz CT molecular complexity index is 526. The van der Waals surface area contributed by atoms with Crippen LogP contribution in [-0.4, -0.2) is 10.5 Å². The van der Waals surface area contributed by atoms with Crippen LogP contribution in [-0.2, 0) is 6.42 Å². The summed E-state index contributed by atoms with van der Waals surface area (Å²) in [4.78, 5) is 4.52. The van der Waals surface area contributed by atoms with Gasteiger partial charge in [0, 0.05) is 5.54 Å². The third kappa shape index (κ3) is 1.97. The fourth-order valence-corrected chi connectivity index (χ4v) is 2.86. The van der Waals surface area contributed by atoms with Crippen LogP contribution in [0.3, 0.4) is 0 Å². The van der Waals surface area contributed by atoms with E-state index >= 15 is 0 Å². The van der Waals surface area contributed by atoms with Gasteiger partial charge >= 0.3 is 0 Å². The van der Waals surface area contributed by atoms with E-state index in [1.54, 1.807) is 11.3 Å². The Labute approximate surface area is 99.5 Å². The molecule has 0 radical (unpaired) electrons. The fraction of sp³-hybridized carbons (Fsp3) is 0.462. The number of benzene rings is 1. The van der Waals surface area contributed by atoms with Crippen molar-refractivity contribution in [2.75, 3.05) is 0 Å². The van der Waals surface area contributed by atoms with E-state index in [0.29, 0.717) is 0 Å². The van der Waals surface area contributed by atoms with Crippen LogP contribution in [0.25, 0.3) is 10.2 Å². The largest absolute Gasteiger partial charge is 0.325 e. The Hall–Kier alpha value is -0.930. The normalized spacial score (nSPS) is 17.9. The molecule has 1 aliphatic carbocycles. The van der Waals surface area contributed by atoms with E-state index in [1.165, 1.54) is 23.1 Å². The number of nitrogens with two attached hydrogens (primary N) is 1. The van der Waals surface area contributed by atoms with E-state index in [2.05, 4.69) is 30.1 Å². The molecule has 1 aromatic carbocycles. The molecule has 2 aromatic rings. The Morgan fingerprint density at radius 2 is 2.25 bits per heavy atom. The summed E-state index contributed by atoms with van der Waals surface area (Å²) >= 11 is 1.76. The van der Waals surface area contributed by atoms with Crippen LogP contribution in [0.2, 0.25) is 0 Å². The molecule has 1 heterocycles. The molecule has 1 aliphatic rings. The Morgan fingerprint density at radius 1 is 1.44 bits per heavy atom. The Morgan fingerprint density at radius 3 is 3.00 bits per heavy atom. The van der Waals surface area contributed by atoms with Gasteiger partial charge < -0.3 is 5.73 Å². The summed E-state index contributed by atoms with van der Waals surface area (Å²) in [5, 5.41) is 1.14. The number of rotatable bonds is 3. The van der Waals surface area contributed by atoms with Crippen molar-refractivity contribution in [3.05, 3.63) is 28.8 Å². The van der Waals surface area contributed by atoms with Crippen LogP contribution in [0.4, 0.5) is 0 Å². The highest BCUT2D eigenvalue weighted by Gasteiger charge is 2.37. The molecule has 0 unspecified atom stereocenters. The number of hydrogen-bond acceptors (Lipinski definition) is 3. The summed E-state index contributed by atoms with van der Waals surface area (Å²) in [6.45, 7) is 2.06. The van der Waals surface area contributed by atoms with Crippen molar-refractivity contribution in [1.82, 2.24) is 4.98 Å². The first-order chi connectivity index (χ1) is 7.65. The minimum Gasteiger partial charge on any atom is -0.325 e. The summed E-state index contributed by atoms with van der Waals surface area (Å²) in [5.74, 6) is 0. The molecule has 0 amide bonds. The van der Waals surface area contributed by atoms with Gasteiger partial charge in [0.2, 0.25) is 0 Å². The molecule has 0 aliphatic heterocycles. The maximum absolute atomic E-state index is 6.10. The van der Waals surface area contributed by atoms with Crippen molar-refractivity contribution < 1.29 is 0 Å². The van der Waals surface area contributed by atoms with E-state index in [4.69, 9.17) is 5.73 Å². The first-order valence-corrected chi connectivity index (χ1v) is 6.61. The van der Waals surface area contributed by atoms with Gasteiger partial charge in [-0.2, -0.15) is 0 Å². The third-order valence-electron chi connectivity index (χ3n) is 3.36. The van der Waals surface area contributed by atoms with Crippen molar-refractivity contribution in [1.29, 1.82) is 0 Å². The lowest BCUT2D eigenvalue weighted by Gasteiger charge is -2.07. The van der Waals surface area contributed by atoms with Crippen LogP contribution in [0.15, 0.2) is 18.2 Å². The predicted octanol–water partition coefficient (Wildman–Crippen LogP) is 3.03. The van der Waals surface area contributed by atoms with Crippen molar-refractivity contribution in [2.24, 2.45) is 5.73 Å². The Kier molecular flexibility index (Phi) is 2.26. The quantitative estimate of drug-likeness (QED) is 0.883. The number of nitrogens with zero attached hydrogens (tertiary/aromatic N) is 1. The second-order valence-electron chi connectivity index (χ2n) is 4.90. The maximum Gasteiger partial charge on any atom is 0.0907 e. The van der Waals surface area contributed by atoms with Gasteiger partial charge in [0.15, 0.2) is 0 Å². The molecule has 0 bridgehead atoms. The van der Waals surface area contributed by atoms with Crippen LogP contribution in [0.1, 0.15) is 29.8 Å². The molecule has 3 heteroatoms. The van der Waals surface area contributed by atoms with Gasteiger partial charge in [-0.1, -0.05) is 6.07 Å². The van der Waals surface area contributed by atoms with E-state index in [-0.39, 0.29) is 5.54 Å². The lowest BCUT2D eigenvalue weighted by Crippen LogP contribution is -2.22. The molecule has 0 spiro atoms. The zero-order valence-electron chi connectivity index (χ0n) is 9.49. The minimum atomic E-state index is 0.160. The summed E-state index contributed by atoms with van der Waals surface area (Å²) < 4.78 is 1.29. The standard InChI is InChI=1S/C13H16N2S/c1-9-15-11-8-10(2-3-12(11)16-9)4-5-13(14)6-7-13/h2-3,8H,4-7,14H2,1H3. The van der Waals surface area contributed by atoms with E-state index < -0.39 is 0 Å². The SMILES string of the molecule is Cc1nc2cc(CCC3(N)CC3)ccc2s1. The molecule has 16 heavy (non-hydrogen) atoms. The second kappa shape index (κ2) is 3.54. The van der Waals surface area contributed by atoms with Crippen molar-refractivity contribution in [2.45, 2.75) is 38.1 Å². The highest BCUT2D eigenvalue weighted by molar-refractivity contribution is 7.18. The Balaban J connectivity index is 1.81. The average Bonchev–Trinajstić information content (AvgIpc) is 2.87. The number of thiazole rings is 1. The predicted molar refractivity (Wildman–Crippen MR) is 68.8 cm³/mol. The molecule has 0 atom stereocenters. The molecule has 1 saturated carbocycles. The molecular formula is C13H16N2S. The number of hydrogen-bond donors (Lipinski definition) is 1. The van der Waals surface area contributed by atoms with Gasteiger partial charge in [-0.15, -0.1) is 11.3 Å². The van der Waals surface area contributed by atoms with Crippen LogP contribution in [0, 0.1) is 6.92 Å². The molecule has 84 valence electrons. The van der Waals surface area contributed by atoms with Gasteiger partial charge in [0.25, 0.3) is 0 Å². The van der Waals surface area contributed by atoms with Crippen molar-refractivity contribution >= 4 is 21.6 Å². The summed E-state index contributed by atoms with van der Waals surface area (Å²) in [6.07, 6.45) is 4.60. The number of aromatic nitrogens is 1. The smallest absolute Gasteiger partial charge is 0.0907 e. The van der Waals surface area contributed by atoms with Gasteiger partial charge in [0.1, 0.15) is 0 Å². The van der Waals surface area contributed by atoms with Gasteiger partial charge in [0.05, 0.1) is 15.2 Å². The van der Waals surface area contributed by atoms with Crippen LogP contribution < -0.4 is 5.73 Å². The average molecular weight is 232 g/mol. The first-order valence-electron chi connectivity index (χ1n) is 5.80. The van der Waals surface area contributed by atoms with E-state index in [1.807, 2.05) is 0 Å². The van der Waals surface area contributed by atoms with E-state index in [9.17, 15) is 0 Å². The van der Waals surface area contributed by atoms with Crippen LogP contribution in [0.5, 0.6) is 0 Å². The third-order valence-corrected chi connectivity index (χ3v) is 4.31. The zero-order valence-corrected chi connectivity index (χ0v) is 10.3. The number of fused-ring (bicyclic) bond motifs is 1. The second-order valence-corrected chi connectivity index (χ2v) is 6.13. The highest BCUT2D eigenvalue weighted by atomic mass is 32.1. The lowest BCUT2D eigenvalue weighted by molar-refractivity contribution is 0.609. The number of aryl methyl sites for hydroxylation is 2. The molecule has 1 fully saturated rings. The maximum atomic E-state index is 6.10. The van der Waals surface area contributed by atoms with Gasteiger partial charge in [-0.05, 0) is 50.3 Å². The molecule has 0 saturated heterocycles. The lowest BCUT2D eigenvalue weighted by atomic mass is 10.0. The summed E-state index contributed by atoms with van der Waals surface area (Å²) in [6, 6.07) is 6.61. The molecular weight excluding hydrogens is 216 g/mol. The van der Waals surface area contributed by atoms with Gasteiger partial charge in [-0.25, -0.2) is 4.98 Å². The molecule has 2 nitrogen and oxygen atoms in total. The molecule has 1 aromatic heterocycles. The monoisotopic (exact) mass is 232 g/mol. The highest BCUT2D eigenvalue weighted by Crippen LogP contribution is 2.36. The minimum absolute atomic E-state index is 0.160. The molecule has 3 rings (SSSR count). The van der Waals surface area contributed by atoms with Crippen molar-refractivity contribution in [3.8, 4) is 0 Å².